The highest BCUT2D eigenvalue weighted by Crippen LogP contribution is 2.33. The smallest absolute Gasteiger partial charge is 0.331 e. The molecule has 2 rings (SSSR count). The van der Waals surface area contributed by atoms with Crippen LogP contribution in [0.4, 0.5) is 0 Å². The average Bonchev–Trinajstić information content (AvgIpc) is 2.90. The highest BCUT2D eigenvalue weighted by Gasteiger charge is 2.44. The topological polar surface area (TPSA) is 71.1 Å². The Morgan fingerprint density at radius 1 is 1.45 bits per heavy atom. The van der Waals surface area contributed by atoms with Crippen molar-refractivity contribution in [2.45, 2.75) is 51.6 Å². The lowest BCUT2D eigenvalue weighted by atomic mass is 10.1. The van der Waals surface area contributed by atoms with E-state index in [1.807, 2.05) is 6.92 Å². The number of cyclic esters (lactones) is 1. The summed E-state index contributed by atoms with van der Waals surface area (Å²) in [6, 6.07) is 0. The molecule has 0 N–H and O–H groups in total. The van der Waals surface area contributed by atoms with E-state index in [1.54, 1.807) is 13.8 Å². The first kappa shape index (κ1) is 15.0. The molecule has 6 nitrogen and oxygen atoms in total. The van der Waals surface area contributed by atoms with Crippen LogP contribution < -0.4 is 0 Å². The van der Waals surface area contributed by atoms with Gasteiger partial charge in [0.15, 0.2) is 5.79 Å². The maximum absolute atomic E-state index is 11.4. The van der Waals surface area contributed by atoms with Gasteiger partial charge in [-0.3, -0.25) is 4.79 Å². The molecule has 0 aromatic rings. The highest BCUT2D eigenvalue weighted by molar-refractivity contribution is 5.85. The largest absolute Gasteiger partial charge is 0.463 e. The lowest BCUT2D eigenvalue weighted by molar-refractivity contribution is -0.159. The van der Waals surface area contributed by atoms with Gasteiger partial charge in [0.25, 0.3) is 0 Å². The van der Waals surface area contributed by atoms with Crippen LogP contribution in [-0.2, 0) is 28.5 Å². The zero-order valence-electron chi connectivity index (χ0n) is 12.0. The molecule has 0 aromatic heterocycles. The summed E-state index contributed by atoms with van der Waals surface area (Å²) in [6.07, 6.45) is 1.68. The van der Waals surface area contributed by atoms with Gasteiger partial charge in [0.2, 0.25) is 0 Å². The van der Waals surface area contributed by atoms with Gasteiger partial charge in [-0.15, -0.1) is 0 Å². The van der Waals surface area contributed by atoms with Crippen LogP contribution in [0.25, 0.3) is 0 Å². The number of ether oxygens (including phenoxy) is 4. The summed E-state index contributed by atoms with van der Waals surface area (Å²) in [7, 11) is 0. The minimum Gasteiger partial charge on any atom is -0.463 e. The summed E-state index contributed by atoms with van der Waals surface area (Å²) in [5.74, 6) is -1.42. The molecular weight excluding hydrogens is 264 g/mol. The van der Waals surface area contributed by atoms with Gasteiger partial charge >= 0.3 is 11.9 Å². The van der Waals surface area contributed by atoms with Crippen molar-refractivity contribution >= 4 is 11.9 Å². The highest BCUT2D eigenvalue weighted by atomic mass is 16.8. The van der Waals surface area contributed by atoms with Crippen LogP contribution >= 0.6 is 0 Å². The molecule has 2 heterocycles. The third kappa shape index (κ3) is 3.58. The second kappa shape index (κ2) is 5.93. The Balaban J connectivity index is 1.99. The maximum atomic E-state index is 11.4. The molecule has 112 valence electrons. The molecular formula is C14H20O6. The molecule has 0 spiro atoms. The third-order valence-electron chi connectivity index (χ3n) is 3.10. The van der Waals surface area contributed by atoms with E-state index < -0.39 is 18.0 Å². The average molecular weight is 284 g/mol. The molecule has 20 heavy (non-hydrogen) atoms. The molecule has 0 unspecified atom stereocenters. The van der Waals surface area contributed by atoms with Gasteiger partial charge in [0.05, 0.1) is 0 Å². The van der Waals surface area contributed by atoms with Crippen LogP contribution in [0.1, 0.15) is 33.6 Å². The summed E-state index contributed by atoms with van der Waals surface area (Å²) in [5.41, 5.74) is 0.720. The fourth-order valence-electron chi connectivity index (χ4n) is 2.28. The van der Waals surface area contributed by atoms with Crippen molar-refractivity contribution in [2.75, 3.05) is 13.2 Å². The lowest BCUT2D eigenvalue weighted by Gasteiger charge is -2.16. The lowest BCUT2D eigenvalue weighted by Crippen LogP contribution is -2.31. The molecule has 2 aliphatic heterocycles. The molecule has 2 aliphatic rings. The summed E-state index contributed by atoms with van der Waals surface area (Å²) in [6.45, 7) is 5.79. The first-order valence-electron chi connectivity index (χ1n) is 6.80. The third-order valence-corrected chi connectivity index (χ3v) is 3.10. The second-order valence-electron chi connectivity index (χ2n) is 5.35. The van der Waals surface area contributed by atoms with Crippen molar-refractivity contribution in [2.24, 2.45) is 0 Å². The van der Waals surface area contributed by atoms with Crippen LogP contribution in [0.2, 0.25) is 0 Å². The van der Waals surface area contributed by atoms with Crippen LogP contribution in [-0.4, -0.2) is 43.1 Å². The van der Waals surface area contributed by atoms with Crippen molar-refractivity contribution in [3.8, 4) is 0 Å². The standard InChI is InChI=1S/C14H20O6/c1-4-5-11(15)18-8-10-13(20-14(2,3)19-10)9-6-12(16)17-7-9/h6,10,13H,4-5,7-8H2,1-3H3/t10-,13-/m1/s1. The first-order valence-corrected chi connectivity index (χ1v) is 6.80. The Morgan fingerprint density at radius 3 is 2.80 bits per heavy atom. The predicted octanol–water partition coefficient (Wildman–Crippen LogP) is 1.33. The van der Waals surface area contributed by atoms with Gasteiger partial charge < -0.3 is 18.9 Å². The van der Waals surface area contributed by atoms with Crippen LogP contribution in [0, 0.1) is 0 Å². The van der Waals surface area contributed by atoms with Crippen molar-refractivity contribution in [3.05, 3.63) is 11.6 Å². The number of carbonyl (C=O) groups is 2. The fourth-order valence-corrected chi connectivity index (χ4v) is 2.28. The summed E-state index contributed by atoms with van der Waals surface area (Å²) < 4.78 is 21.6. The number of hydrogen-bond donors (Lipinski definition) is 0. The Labute approximate surface area is 118 Å². The number of rotatable bonds is 5. The Kier molecular flexibility index (Phi) is 4.45. The minimum atomic E-state index is -0.779. The van der Waals surface area contributed by atoms with Crippen molar-refractivity contribution < 1.29 is 28.5 Å². The van der Waals surface area contributed by atoms with Crippen LogP contribution in [0.3, 0.4) is 0 Å². The predicted molar refractivity (Wildman–Crippen MR) is 68.7 cm³/mol. The van der Waals surface area contributed by atoms with E-state index in [9.17, 15) is 9.59 Å². The minimum absolute atomic E-state index is 0.110. The molecule has 0 aliphatic carbocycles. The first-order chi connectivity index (χ1) is 9.41. The molecule has 1 fully saturated rings. The Bertz CT molecular complexity index is 425. The zero-order chi connectivity index (χ0) is 14.8. The molecule has 0 aromatic carbocycles. The van der Waals surface area contributed by atoms with E-state index in [-0.39, 0.29) is 25.2 Å². The van der Waals surface area contributed by atoms with Gasteiger partial charge in [0.1, 0.15) is 25.4 Å². The molecule has 0 radical (unpaired) electrons. The normalized spacial score (nSPS) is 28.1. The fraction of sp³-hybridized carbons (Fsp3) is 0.714. The van der Waals surface area contributed by atoms with Crippen LogP contribution in [0.15, 0.2) is 11.6 Å². The van der Waals surface area contributed by atoms with Gasteiger partial charge in [-0.2, -0.15) is 0 Å². The summed E-state index contributed by atoms with van der Waals surface area (Å²) >= 11 is 0. The van der Waals surface area contributed by atoms with E-state index >= 15 is 0 Å². The van der Waals surface area contributed by atoms with E-state index in [4.69, 9.17) is 18.9 Å². The van der Waals surface area contributed by atoms with Gasteiger partial charge in [0, 0.05) is 18.1 Å². The van der Waals surface area contributed by atoms with Gasteiger partial charge in [-0.25, -0.2) is 4.79 Å². The van der Waals surface area contributed by atoms with Crippen molar-refractivity contribution in [3.63, 3.8) is 0 Å². The number of hydrogen-bond acceptors (Lipinski definition) is 6. The molecule has 1 saturated heterocycles. The van der Waals surface area contributed by atoms with Crippen molar-refractivity contribution in [1.29, 1.82) is 0 Å². The molecule has 2 atom stereocenters. The molecule has 0 amide bonds. The Morgan fingerprint density at radius 2 is 2.20 bits per heavy atom. The van der Waals surface area contributed by atoms with E-state index in [1.165, 1.54) is 6.08 Å². The van der Waals surface area contributed by atoms with E-state index in [2.05, 4.69) is 0 Å². The number of carbonyl (C=O) groups excluding carboxylic acids is 2. The quantitative estimate of drug-likeness (QED) is 0.709. The van der Waals surface area contributed by atoms with Crippen molar-refractivity contribution in [1.82, 2.24) is 0 Å². The zero-order valence-corrected chi connectivity index (χ0v) is 12.0. The summed E-state index contributed by atoms with van der Waals surface area (Å²) in [5, 5.41) is 0. The molecule has 6 heteroatoms. The van der Waals surface area contributed by atoms with Gasteiger partial charge in [-0.1, -0.05) is 6.92 Å². The molecule has 0 bridgehead atoms. The monoisotopic (exact) mass is 284 g/mol. The molecule has 0 saturated carbocycles. The second-order valence-corrected chi connectivity index (χ2v) is 5.35. The summed E-state index contributed by atoms with van der Waals surface area (Å²) in [4.78, 5) is 22.6. The number of esters is 2. The SMILES string of the molecule is CCCC(=O)OC[C@H]1OC(C)(C)O[C@@H]1C1=CC(=O)OC1. The van der Waals surface area contributed by atoms with E-state index in [0.717, 1.165) is 12.0 Å². The maximum Gasteiger partial charge on any atom is 0.331 e. The van der Waals surface area contributed by atoms with Crippen LogP contribution in [0.5, 0.6) is 0 Å². The van der Waals surface area contributed by atoms with Gasteiger partial charge in [-0.05, 0) is 20.3 Å². The van der Waals surface area contributed by atoms with E-state index in [0.29, 0.717) is 6.42 Å². The Hall–Kier alpha value is -1.40.